The zero-order valence-electron chi connectivity index (χ0n) is 12.1. The number of rotatable bonds is 4. The minimum Gasteiger partial charge on any atom is -0.342 e. The van der Waals surface area contributed by atoms with Crippen molar-refractivity contribution in [1.82, 2.24) is 15.3 Å². The van der Waals surface area contributed by atoms with Gasteiger partial charge < -0.3 is 10.3 Å². The number of carbonyl (C=O) groups is 1. The van der Waals surface area contributed by atoms with Crippen LogP contribution in [0.15, 0.2) is 48.5 Å². The molecule has 1 unspecified atom stereocenters. The van der Waals surface area contributed by atoms with Crippen molar-refractivity contribution in [3.63, 3.8) is 0 Å². The van der Waals surface area contributed by atoms with Crippen LogP contribution in [0.3, 0.4) is 0 Å². The average Bonchev–Trinajstić information content (AvgIpc) is 2.96. The number of aromatic nitrogens is 2. The zero-order chi connectivity index (χ0) is 15.5. The van der Waals surface area contributed by atoms with Gasteiger partial charge in [0.2, 0.25) is 0 Å². The van der Waals surface area contributed by atoms with Crippen LogP contribution in [0.25, 0.3) is 11.0 Å². The molecule has 1 amide bonds. The Morgan fingerprint density at radius 3 is 2.64 bits per heavy atom. The first kappa shape index (κ1) is 14.3. The summed E-state index contributed by atoms with van der Waals surface area (Å²) in [5.41, 5.74) is 2.23. The van der Waals surface area contributed by atoms with Crippen molar-refractivity contribution in [2.75, 3.05) is 0 Å². The highest BCUT2D eigenvalue weighted by molar-refractivity contribution is 5.94. The molecule has 2 aromatic carbocycles. The summed E-state index contributed by atoms with van der Waals surface area (Å²) in [4.78, 5) is 20.0. The monoisotopic (exact) mass is 297 g/mol. The first-order valence-corrected chi connectivity index (χ1v) is 7.18. The molecule has 112 valence electrons. The fraction of sp³-hybridized carbons (Fsp3) is 0.176. The summed E-state index contributed by atoms with van der Waals surface area (Å²) in [6.07, 6.45) is 0.701. The van der Waals surface area contributed by atoms with Gasteiger partial charge >= 0.3 is 0 Å². The molecule has 0 aliphatic carbocycles. The first-order valence-electron chi connectivity index (χ1n) is 7.18. The number of halogens is 1. The number of amides is 1. The highest BCUT2D eigenvalue weighted by atomic mass is 19.1. The Labute approximate surface area is 127 Å². The van der Waals surface area contributed by atoms with Gasteiger partial charge in [0, 0.05) is 5.56 Å². The number of nitrogens with one attached hydrogen (secondary N) is 2. The van der Waals surface area contributed by atoms with Crippen molar-refractivity contribution in [3.05, 3.63) is 65.7 Å². The Hall–Kier alpha value is -2.69. The molecular formula is C17H16FN3O. The maximum atomic E-state index is 12.9. The van der Waals surface area contributed by atoms with Gasteiger partial charge in [0.15, 0.2) is 0 Å². The van der Waals surface area contributed by atoms with E-state index in [1.54, 1.807) is 0 Å². The number of imidazole rings is 1. The van der Waals surface area contributed by atoms with Crippen molar-refractivity contribution in [3.8, 4) is 0 Å². The van der Waals surface area contributed by atoms with Gasteiger partial charge in [0.05, 0.1) is 17.1 Å². The van der Waals surface area contributed by atoms with Gasteiger partial charge in [-0.2, -0.15) is 0 Å². The molecule has 0 saturated heterocycles. The van der Waals surface area contributed by atoms with Gasteiger partial charge in [-0.15, -0.1) is 0 Å². The minimum absolute atomic E-state index is 0.218. The van der Waals surface area contributed by atoms with E-state index in [1.807, 2.05) is 31.2 Å². The summed E-state index contributed by atoms with van der Waals surface area (Å²) in [7, 11) is 0. The van der Waals surface area contributed by atoms with Gasteiger partial charge in [0.1, 0.15) is 11.6 Å². The van der Waals surface area contributed by atoms with E-state index in [0.29, 0.717) is 12.0 Å². The molecule has 1 aromatic heterocycles. The van der Waals surface area contributed by atoms with E-state index in [9.17, 15) is 9.18 Å². The predicted octanol–water partition coefficient (Wildman–Crippen LogP) is 3.58. The van der Waals surface area contributed by atoms with Crippen molar-refractivity contribution in [1.29, 1.82) is 0 Å². The Kier molecular flexibility index (Phi) is 3.87. The van der Waals surface area contributed by atoms with Crippen LogP contribution in [0.1, 0.15) is 35.6 Å². The average molecular weight is 297 g/mol. The number of H-pyrrole nitrogens is 1. The third kappa shape index (κ3) is 2.83. The fourth-order valence-electron chi connectivity index (χ4n) is 2.34. The van der Waals surface area contributed by atoms with Gasteiger partial charge in [0.25, 0.3) is 5.91 Å². The Balaban J connectivity index is 1.81. The summed E-state index contributed by atoms with van der Waals surface area (Å²) >= 11 is 0. The Morgan fingerprint density at radius 1 is 1.23 bits per heavy atom. The smallest absolute Gasteiger partial charge is 0.251 e. The number of aromatic amines is 1. The van der Waals surface area contributed by atoms with Crippen LogP contribution < -0.4 is 5.32 Å². The number of fused-ring (bicyclic) bond motifs is 1. The van der Waals surface area contributed by atoms with E-state index in [-0.39, 0.29) is 17.8 Å². The quantitative estimate of drug-likeness (QED) is 0.773. The number of hydrogen-bond donors (Lipinski definition) is 2. The molecule has 0 saturated carbocycles. The first-order chi connectivity index (χ1) is 10.7. The molecular weight excluding hydrogens is 281 g/mol. The molecule has 2 N–H and O–H groups in total. The minimum atomic E-state index is -0.360. The van der Waals surface area contributed by atoms with Crippen LogP contribution in [0.5, 0.6) is 0 Å². The topological polar surface area (TPSA) is 57.8 Å². The van der Waals surface area contributed by atoms with Crippen molar-refractivity contribution in [2.24, 2.45) is 0 Å². The lowest BCUT2D eigenvalue weighted by molar-refractivity contribution is 0.0934. The molecule has 0 radical (unpaired) electrons. The third-order valence-corrected chi connectivity index (χ3v) is 3.56. The van der Waals surface area contributed by atoms with Gasteiger partial charge in [-0.05, 0) is 42.8 Å². The number of hydrogen-bond acceptors (Lipinski definition) is 2. The second-order valence-electron chi connectivity index (χ2n) is 5.08. The highest BCUT2D eigenvalue weighted by Crippen LogP contribution is 2.18. The molecule has 1 heterocycles. The summed E-state index contributed by atoms with van der Waals surface area (Å²) in [6.45, 7) is 1.97. The number of nitrogens with zero attached hydrogens (tertiary/aromatic N) is 1. The fourth-order valence-corrected chi connectivity index (χ4v) is 2.34. The van der Waals surface area contributed by atoms with E-state index in [0.717, 1.165) is 16.9 Å². The third-order valence-electron chi connectivity index (χ3n) is 3.56. The Bertz CT molecular complexity index is 762. The molecule has 3 rings (SSSR count). The molecule has 0 spiro atoms. The van der Waals surface area contributed by atoms with E-state index in [2.05, 4.69) is 15.3 Å². The molecule has 0 fully saturated rings. The maximum Gasteiger partial charge on any atom is 0.251 e. The van der Waals surface area contributed by atoms with Gasteiger partial charge in [-0.3, -0.25) is 4.79 Å². The largest absolute Gasteiger partial charge is 0.342 e. The van der Waals surface area contributed by atoms with Gasteiger partial charge in [-0.1, -0.05) is 19.1 Å². The molecule has 22 heavy (non-hydrogen) atoms. The van der Waals surface area contributed by atoms with Crippen LogP contribution in [0.4, 0.5) is 4.39 Å². The lowest BCUT2D eigenvalue weighted by atomic mass is 10.1. The molecule has 4 nitrogen and oxygen atoms in total. The summed E-state index contributed by atoms with van der Waals surface area (Å²) in [5.74, 6) is 0.118. The lowest BCUT2D eigenvalue weighted by Crippen LogP contribution is -2.28. The second-order valence-corrected chi connectivity index (χ2v) is 5.08. The van der Waals surface area contributed by atoms with E-state index in [4.69, 9.17) is 0 Å². The number of carbonyl (C=O) groups excluding carboxylic acids is 1. The standard InChI is InChI=1S/C17H16FN3O/c1-2-13(16-19-14-5-3-4-6-15(14)20-16)21-17(22)11-7-9-12(18)10-8-11/h3-10,13H,2H2,1H3,(H,19,20)(H,21,22). The summed E-state index contributed by atoms with van der Waals surface area (Å²) < 4.78 is 12.9. The maximum absolute atomic E-state index is 12.9. The molecule has 0 bridgehead atoms. The number of para-hydroxylation sites is 2. The number of benzene rings is 2. The van der Waals surface area contributed by atoms with Crippen molar-refractivity contribution < 1.29 is 9.18 Å². The molecule has 1 atom stereocenters. The van der Waals surface area contributed by atoms with Crippen molar-refractivity contribution >= 4 is 16.9 Å². The molecule has 3 aromatic rings. The zero-order valence-corrected chi connectivity index (χ0v) is 12.1. The van der Waals surface area contributed by atoms with Crippen LogP contribution >= 0.6 is 0 Å². The lowest BCUT2D eigenvalue weighted by Gasteiger charge is -2.14. The van der Waals surface area contributed by atoms with E-state index >= 15 is 0 Å². The predicted molar refractivity (Wildman–Crippen MR) is 83.0 cm³/mol. The van der Waals surface area contributed by atoms with Crippen LogP contribution in [-0.2, 0) is 0 Å². The summed E-state index contributed by atoms with van der Waals surface area (Å²) in [6, 6.07) is 13.0. The molecule has 0 aliphatic rings. The Morgan fingerprint density at radius 2 is 1.95 bits per heavy atom. The van der Waals surface area contributed by atoms with E-state index < -0.39 is 0 Å². The summed E-state index contributed by atoms with van der Waals surface area (Å²) in [5, 5.41) is 2.92. The normalized spacial score (nSPS) is 12.3. The molecule has 5 heteroatoms. The van der Waals surface area contributed by atoms with Crippen LogP contribution in [0, 0.1) is 5.82 Å². The van der Waals surface area contributed by atoms with Crippen LogP contribution in [-0.4, -0.2) is 15.9 Å². The highest BCUT2D eigenvalue weighted by Gasteiger charge is 2.17. The second kappa shape index (κ2) is 5.97. The molecule has 0 aliphatic heterocycles. The van der Waals surface area contributed by atoms with Crippen molar-refractivity contribution in [2.45, 2.75) is 19.4 Å². The SMILES string of the molecule is CCC(NC(=O)c1ccc(F)cc1)c1nc2ccccc2[nH]1. The van der Waals surface area contributed by atoms with Crippen LogP contribution in [0.2, 0.25) is 0 Å². The van der Waals surface area contributed by atoms with E-state index in [1.165, 1.54) is 24.3 Å². The van der Waals surface area contributed by atoms with Gasteiger partial charge in [-0.25, -0.2) is 9.37 Å².